The number of halogens is 1. The number of benzene rings is 2. The number of carbonyl (C=O) groups is 1. The Bertz CT molecular complexity index is 1310. The molecule has 2 aromatic carbocycles. The molecule has 0 spiro atoms. The zero-order valence-corrected chi connectivity index (χ0v) is 20.0. The molecule has 0 bridgehead atoms. The highest BCUT2D eigenvalue weighted by molar-refractivity contribution is 7.20. The van der Waals surface area contributed by atoms with Crippen LogP contribution in [-0.4, -0.2) is 45.5 Å². The topological polar surface area (TPSA) is 99.9 Å². The molecule has 0 aliphatic heterocycles. The number of nitrogens with zero attached hydrogens (tertiary/aromatic N) is 4. The van der Waals surface area contributed by atoms with Crippen LogP contribution in [0.5, 0.6) is 17.2 Å². The Balaban J connectivity index is 1.64. The summed E-state index contributed by atoms with van der Waals surface area (Å²) < 4.78 is 32.6. The Kier molecular flexibility index (Phi) is 6.92. The molecule has 1 amide bonds. The van der Waals surface area contributed by atoms with E-state index in [2.05, 4.69) is 20.6 Å². The Labute approximate surface area is 199 Å². The lowest BCUT2D eigenvalue weighted by Crippen LogP contribution is -2.13. The van der Waals surface area contributed by atoms with Crippen LogP contribution in [0.3, 0.4) is 0 Å². The number of aromatic nitrogens is 4. The molecule has 0 aliphatic rings. The van der Waals surface area contributed by atoms with Gasteiger partial charge >= 0.3 is 0 Å². The molecule has 0 atom stereocenters. The average molecular weight is 486 g/mol. The van der Waals surface area contributed by atoms with Crippen LogP contribution in [0.25, 0.3) is 16.3 Å². The smallest absolute Gasteiger partial charge is 0.257 e. The molecule has 9 nitrogen and oxygen atoms in total. The van der Waals surface area contributed by atoms with Crippen molar-refractivity contribution in [2.24, 2.45) is 0 Å². The number of anilines is 1. The van der Waals surface area contributed by atoms with E-state index in [9.17, 15) is 9.18 Å². The van der Waals surface area contributed by atoms with E-state index in [1.54, 1.807) is 31.2 Å². The molecular formula is C23H24FN5O4S. The standard InChI is InChI=1S/C23H24FN5O4S/c1-5-31-17-11-15(12-18(32-6-2)19(17)33-7-3)21(30)25-22-28-29-20(26-27-23(29)34-22)14-9-8-13(4)16(24)10-14/h8-12H,5-7H2,1-4H3,(H,25,28,30). The fourth-order valence-electron chi connectivity index (χ4n) is 3.27. The van der Waals surface area contributed by atoms with Crippen LogP contribution in [0.15, 0.2) is 30.3 Å². The second-order valence-electron chi connectivity index (χ2n) is 7.14. The third-order valence-corrected chi connectivity index (χ3v) is 5.63. The van der Waals surface area contributed by atoms with Gasteiger partial charge in [0.25, 0.3) is 5.91 Å². The molecule has 2 heterocycles. The molecule has 2 aromatic heterocycles. The van der Waals surface area contributed by atoms with Gasteiger partial charge in [0.05, 0.1) is 19.8 Å². The van der Waals surface area contributed by atoms with E-state index in [0.717, 1.165) is 11.3 Å². The van der Waals surface area contributed by atoms with Gasteiger partial charge < -0.3 is 14.2 Å². The van der Waals surface area contributed by atoms with Crippen molar-refractivity contribution in [3.05, 3.63) is 47.3 Å². The Hall–Kier alpha value is -3.73. The lowest BCUT2D eigenvalue weighted by molar-refractivity contribution is 0.102. The van der Waals surface area contributed by atoms with Gasteiger partial charge in [-0.05, 0) is 51.5 Å². The zero-order chi connectivity index (χ0) is 24.2. The quantitative estimate of drug-likeness (QED) is 0.365. The zero-order valence-electron chi connectivity index (χ0n) is 19.2. The number of rotatable bonds is 9. The first-order valence-corrected chi connectivity index (χ1v) is 11.6. The van der Waals surface area contributed by atoms with Crippen LogP contribution in [0, 0.1) is 12.7 Å². The van der Waals surface area contributed by atoms with Gasteiger partial charge in [-0.25, -0.2) is 4.39 Å². The summed E-state index contributed by atoms with van der Waals surface area (Å²) in [6.45, 7) is 8.46. The van der Waals surface area contributed by atoms with Gasteiger partial charge in [-0.2, -0.15) is 4.52 Å². The maximum atomic E-state index is 14.0. The summed E-state index contributed by atoms with van der Waals surface area (Å²) in [5.74, 6) is 0.923. The minimum Gasteiger partial charge on any atom is -0.490 e. The molecule has 0 aliphatic carbocycles. The fraction of sp³-hybridized carbons (Fsp3) is 0.304. The predicted octanol–water partition coefficient (Wildman–Crippen LogP) is 4.75. The van der Waals surface area contributed by atoms with Gasteiger partial charge in [0.2, 0.25) is 15.8 Å². The molecule has 0 unspecified atom stereocenters. The number of ether oxygens (including phenoxy) is 3. The summed E-state index contributed by atoms with van der Waals surface area (Å²) in [5.41, 5.74) is 1.39. The minimum atomic E-state index is -0.405. The number of carbonyl (C=O) groups excluding carboxylic acids is 1. The SMILES string of the molecule is CCOc1cc(C(=O)Nc2nn3c(-c4ccc(C)c(F)c4)nnc3s2)cc(OCC)c1OCC. The van der Waals surface area contributed by atoms with Crippen molar-refractivity contribution < 1.29 is 23.4 Å². The first-order valence-electron chi connectivity index (χ1n) is 10.8. The van der Waals surface area contributed by atoms with Crippen LogP contribution >= 0.6 is 11.3 Å². The second kappa shape index (κ2) is 10.0. The third kappa shape index (κ3) is 4.65. The molecule has 4 aromatic rings. The molecule has 1 N–H and O–H groups in total. The van der Waals surface area contributed by atoms with Crippen LogP contribution in [0.1, 0.15) is 36.7 Å². The lowest BCUT2D eigenvalue weighted by atomic mass is 10.1. The molecular weight excluding hydrogens is 461 g/mol. The van der Waals surface area contributed by atoms with Crippen LogP contribution in [0.4, 0.5) is 9.52 Å². The number of fused-ring (bicyclic) bond motifs is 1. The van der Waals surface area contributed by atoms with Gasteiger partial charge in [-0.1, -0.05) is 23.5 Å². The highest BCUT2D eigenvalue weighted by atomic mass is 32.1. The lowest BCUT2D eigenvalue weighted by Gasteiger charge is -2.16. The van der Waals surface area contributed by atoms with E-state index < -0.39 is 5.91 Å². The minimum absolute atomic E-state index is 0.313. The summed E-state index contributed by atoms with van der Waals surface area (Å²) in [7, 11) is 0. The Morgan fingerprint density at radius 3 is 2.32 bits per heavy atom. The first-order chi connectivity index (χ1) is 16.4. The molecule has 4 rings (SSSR count). The first kappa shape index (κ1) is 23.4. The Morgan fingerprint density at radius 1 is 1.03 bits per heavy atom. The van der Waals surface area contributed by atoms with Crippen LogP contribution in [-0.2, 0) is 0 Å². The highest BCUT2D eigenvalue weighted by Crippen LogP contribution is 2.39. The maximum absolute atomic E-state index is 14.0. The van der Waals surface area contributed by atoms with Gasteiger partial charge in [0.15, 0.2) is 17.3 Å². The van der Waals surface area contributed by atoms with Crippen molar-refractivity contribution in [3.63, 3.8) is 0 Å². The van der Waals surface area contributed by atoms with Gasteiger partial charge in [0.1, 0.15) is 5.82 Å². The van der Waals surface area contributed by atoms with Gasteiger partial charge in [0, 0.05) is 11.1 Å². The van der Waals surface area contributed by atoms with Crippen molar-refractivity contribution in [1.29, 1.82) is 0 Å². The van der Waals surface area contributed by atoms with E-state index >= 15 is 0 Å². The summed E-state index contributed by atoms with van der Waals surface area (Å²) in [5, 5.41) is 15.7. The largest absolute Gasteiger partial charge is 0.490 e. The predicted molar refractivity (Wildman–Crippen MR) is 127 cm³/mol. The monoisotopic (exact) mass is 485 g/mol. The van der Waals surface area contributed by atoms with E-state index in [1.807, 2.05) is 20.8 Å². The van der Waals surface area contributed by atoms with Crippen LogP contribution in [0.2, 0.25) is 0 Å². The van der Waals surface area contributed by atoms with Gasteiger partial charge in [-0.15, -0.1) is 15.3 Å². The number of amides is 1. The summed E-state index contributed by atoms with van der Waals surface area (Å²) in [6, 6.07) is 8.00. The normalized spacial score (nSPS) is 11.0. The Morgan fingerprint density at radius 2 is 1.71 bits per heavy atom. The molecule has 34 heavy (non-hydrogen) atoms. The third-order valence-electron chi connectivity index (χ3n) is 4.81. The van der Waals surface area contributed by atoms with Crippen LogP contribution < -0.4 is 19.5 Å². The highest BCUT2D eigenvalue weighted by Gasteiger charge is 2.20. The van der Waals surface area contributed by atoms with Crippen molar-refractivity contribution in [2.45, 2.75) is 27.7 Å². The molecule has 178 valence electrons. The second-order valence-corrected chi connectivity index (χ2v) is 8.10. The number of nitrogens with one attached hydrogen (secondary N) is 1. The molecule has 0 radical (unpaired) electrons. The molecule has 0 saturated heterocycles. The molecule has 0 saturated carbocycles. The van der Waals surface area contributed by atoms with Crippen molar-refractivity contribution in [1.82, 2.24) is 19.8 Å². The van der Waals surface area contributed by atoms with Crippen molar-refractivity contribution >= 4 is 27.3 Å². The van der Waals surface area contributed by atoms with Gasteiger partial charge in [-0.3, -0.25) is 10.1 Å². The summed E-state index contributed by atoms with van der Waals surface area (Å²) >= 11 is 1.15. The van der Waals surface area contributed by atoms with Crippen molar-refractivity contribution in [3.8, 4) is 28.6 Å². The van der Waals surface area contributed by atoms with E-state index in [-0.39, 0.29) is 5.82 Å². The average Bonchev–Trinajstić information content (AvgIpc) is 3.38. The fourth-order valence-corrected chi connectivity index (χ4v) is 4.00. The number of hydrogen-bond donors (Lipinski definition) is 1. The van der Waals surface area contributed by atoms with E-state index in [4.69, 9.17) is 14.2 Å². The van der Waals surface area contributed by atoms with Crippen molar-refractivity contribution in [2.75, 3.05) is 25.1 Å². The molecule has 11 heteroatoms. The number of aryl methyl sites for hydroxylation is 1. The summed E-state index contributed by atoms with van der Waals surface area (Å²) in [6.07, 6.45) is 0. The van der Waals surface area contributed by atoms with E-state index in [1.165, 1.54) is 10.6 Å². The van der Waals surface area contributed by atoms with E-state index in [0.29, 0.717) is 69.7 Å². The number of hydrogen-bond acceptors (Lipinski definition) is 8. The summed E-state index contributed by atoms with van der Waals surface area (Å²) in [4.78, 5) is 13.5. The maximum Gasteiger partial charge on any atom is 0.257 e. The molecule has 0 fully saturated rings.